The Labute approximate surface area is 123 Å². The van der Waals surface area contributed by atoms with E-state index in [0.29, 0.717) is 0 Å². The van der Waals surface area contributed by atoms with Crippen LogP contribution in [0.25, 0.3) is 0 Å². The summed E-state index contributed by atoms with van der Waals surface area (Å²) in [6, 6.07) is 6.28. The van der Waals surface area contributed by atoms with Crippen molar-refractivity contribution in [3.63, 3.8) is 0 Å². The zero-order valence-electron chi connectivity index (χ0n) is 11.3. The lowest BCUT2D eigenvalue weighted by Gasteiger charge is -2.21. The molecule has 1 saturated heterocycles. The van der Waals surface area contributed by atoms with E-state index in [2.05, 4.69) is 45.6 Å². The average Bonchev–Trinajstić information content (AvgIpc) is 2.43. The molecule has 1 heterocycles. The standard InChI is InChI=1S/C15H21BrN2O/c1-11-2-3-14(16)10-13(11)6-9-18-15(19)12-4-7-17-8-5-12/h2-3,10,12,17H,4-9H2,1H3,(H,18,19). The molecule has 0 aliphatic carbocycles. The maximum Gasteiger partial charge on any atom is 0.223 e. The average molecular weight is 325 g/mol. The number of hydrogen-bond acceptors (Lipinski definition) is 2. The van der Waals surface area contributed by atoms with Gasteiger partial charge in [-0.15, -0.1) is 0 Å². The van der Waals surface area contributed by atoms with Crippen LogP contribution < -0.4 is 10.6 Å². The molecule has 1 fully saturated rings. The van der Waals surface area contributed by atoms with Gasteiger partial charge >= 0.3 is 0 Å². The predicted octanol–water partition coefficient (Wildman–Crippen LogP) is 2.42. The van der Waals surface area contributed by atoms with Crippen molar-refractivity contribution in [3.05, 3.63) is 33.8 Å². The van der Waals surface area contributed by atoms with Crippen LogP contribution in [-0.4, -0.2) is 25.5 Å². The number of halogens is 1. The van der Waals surface area contributed by atoms with Crippen LogP contribution in [0.15, 0.2) is 22.7 Å². The number of carbonyl (C=O) groups is 1. The van der Waals surface area contributed by atoms with Gasteiger partial charge in [0, 0.05) is 16.9 Å². The van der Waals surface area contributed by atoms with Crippen molar-refractivity contribution in [2.24, 2.45) is 5.92 Å². The first-order valence-corrected chi connectivity index (χ1v) is 7.69. The number of benzene rings is 1. The monoisotopic (exact) mass is 324 g/mol. The van der Waals surface area contributed by atoms with Gasteiger partial charge in [-0.25, -0.2) is 0 Å². The van der Waals surface area contributed by atoms with Crippen molar-refractivity contribution in [3.8, 4) is 0 Å². The number of carbonyl (C=O) groups excluding carboxylic acids is 1. The van der Waals surface area contributed by atoms with E-state index in [9.17, 15) is 4.79 Å². The Kier molecular flexibility index (Phi) is 5.40. The summed E-state index contributed by atoms with van der Waals surface area (Å²) in [5.74, 6) is 0.416. The minimum absolute atomic E-state index is 0.199. The van der Waals surface area contributed by atoms with Crippen LogP contribution >= 0.6 is 15.9 Å². The van der Waals surface area contributed by atoms with E-state index >= 15 is 0 Å². The van der Waals surface area contributed by atoms with E-state index in [1.54, 1.807) is 0 Å². The number of hydrogen-bond donors (Lipinski definition) is 2. The molecule has 1 aromatic rings. The molecule has 3 nitrogen and oxygen atoms in total. The molecule has 0 saturated carbocycles. The van der Waals surface area contributed by atoms with E-state index in [0.717, 1.165) is 43.4 Å². The van der Waals surface area contributed by atoms with Gasteiger partial charge in [0.25, 0.3) is 0 Å². The molecule has 0 atom stereocenters. The second-order valence-corrected chi connectivity index (χ2v) is 6.05. The molecule has 2 rings (SSSR count). The van der Waals surface area contributed by atoms with Gasteiger partial charge in [-0.2, -0.15) is 0 Å². The molecule has 1 aliphatic heterocycles. The lowest BCUT2D eigenvalue weighted by molar-refractivity contribution is -0.125. The highest BCUT2D eigenvalue weighted by Crippen LogP contribution is 2.16. The molecule has 1 aliphatic rings. The molecule has 104 valence electrons. The van der Waals surface area contributed by atoms with Crippen molar-refractivity contribution >= 4 is 21.8 Å². The van der Waals surface area contributed by atoms with E-state index in [1.807, 2.05) is 6.07 Å². The fourth-order valence-electron chi connectivity index (χ4n) is 2.46. The van der Waals surface area contributed by atoms with Crippen LogP contribution in [0.5, 0.6) is 0 Å². The van der Waals surface area contributed by atoms with Crippen LogP contribution in [0, 0.1) is 12.8 Å². The summed E-state index contributed by atoms with van der Waals surface area (Å²) in [5.41, 5.74) is 2.57. The molecular weight excluding hydrogens is 304 g/mol. The number of amides is 1. The van der Waals surface area contributed by atoms with Crippen molar-refractivity contribution in [1.29, 1.82) is 0 Å². The van der Waals surface area contributed by atoms with Crippen molar-refractivity contribution in [1.82, 2.24) is 10.6 Å². The van der Waals surface area contributed by atoms with E-state index in [-0.39, 0.29) is 11.8 Å². The summed E-state index contributed by atoms with van der Waals surface area (Å²) in [6.07, 6.45) is 2.81. The summed E-state index contributed by atoms with van der Waals surface area (Å²) in [5, 5.41) is 6.35. The van der Waals surface area contributed by atoms with Gasteiger partial charge in [0.2, 0.25) is 5.91 Å². The quantitative estimate of drug-likeness (QED) is 0.893. The molecule has 19 heavy (non-hydrogen) atoms. The Bertz CT molecular complexity index is 442. The molecular formula is C15H21BrN2O. The third-order valence-electron chi connectivity index (χ3n) is 3.71. The summed E-state index contributed by atoms with van der Waals surface area (Å²) in [6.45, 7) is 4.75. The largest absolute Gasteiger partial charge is 0.356 e. The SMILES string of the molecule is Cc1ccc(Br)cc1CCNC(=O)C1CCNCC1. The second-order valence-electron chi connectivity index (χ2n) is 5.14. The summed E-state index contributed by atoms with van der Waals surface area (Å²) < 4.78 is 1.10. The van der Waals surface area contributed by atoms with E-state index in [1.165, 1.54) is 11.1 Å². The maximum absolute atomic E-state index is 12.0. The minimum atomic E-state index is 0.199. The molecule has 0 spiro atoms. The highest BCUT2D eigenvalue weighted by atomic mass is 79.9. The Morgan fingerprint density at radius 2 is 2.16 bits per heavy atom. The smallest absolute Gasteiger partial charge is 0.223 e. The van der Waals surface area contributed by atoms with Crippen molar-refractivity contribution in [2.75, 3.05) is 19.6 Å². The van der Waals surface area contributed by atoms with Gasteiger partial charge in [-0.3, -0.25) is 4.79 Å². The fourth-order valence-corrected chi connectivity index (χ4v) is 2.87. The lowest BCUT2D eigenvalue weighted by atomic mass is 9.97. The van der Waals surface area contributed by atoms with Crippen molar-refractivity contribution in [2.45, 2.75) is 26.2 Å². The van der Waals surface area contributed by atoms with Crippen LogP contribution in [-0.2, 0) is 11.2 Å². The molecule has 0 radical (unpaired) electrons. The van der Waals surface area contributed by atoms with Gasteiger partial charge in [-0.1, -0.05) is 22.0 Å². The highest BCUT2D eigenvalue weighted by Gasteiger charge is 2.20. The molecule has 0 unspecified atom stereocenters. The first-order valence-electron chi connectivity index (χ1n) is 6.90. The first kappa shape index (κ1) is 14.5. The Morgan fingerprint density at radius 1 is 1.42 bits per heavy atom. The Morgan fingerprint density at radius 3 is 2.89 bits per heavy atom. The van der Waals surface area contributed by atoms with E-state index in [4.69, 9.17) is 0 Å². The highest BCUT2D eigenvalue weighted by molar-refractivity contribution is 9.10. The van der Waals surface area contributed by atoms with Gasteiger partial charge in [0.1, 0.15) is 0 Å². The van der Waals surface area contributed by atoms with Crippen LogP contribution in [0.3, 0.4) is 0 Å². The summed E-state index contributed by atoms with van der Waals surface area (Å²) in [4.78, 5) is 12.0. The van der Waals surface area contributed by atoms with Gasteiger partial charge in [0.15, 0.2) is 0 Å². The Balaban J connectivity index is 1.79. The summed E-state index contributed by atoms with van der Waals surface area (Å²) >= 11 is 3.49. The predicted molar refractivity (Wildman–Crippen MR) is 81.2 cm³/mol. The Hall–Kier alpha value is -0.870. The molecule has 1 aromatic carbocycles. The molecule has 1 amide bonds. The van der Waals surface area contributed by atoms with Crippen LogP contribution in [0.4, 0.5) is 0 Å². The fraction of sp³-hybridized carbons (Fsp3) is 0.533. The van der Waals surface area contributed by atoms with E-state index < -0.39 is 0 Å². The summed E-state index contributed by atoms with van der Waals surface area (Å²) in [7, 11) is 0. The third kappa shape index (κ3) is 4.32. The van der Waals surface area contributed by atoms with Gasteiger partial charge < -0.3 is 10.6 Å². The normalized spacial score (nSPS) is 16.3. The molecule has 2 N–H and O–H groups in total. The lowest BCUT2D eigenvalue weighted by Crippen LogP contribution is -2.38. The minimum Gasteiger partial charge on any atom is -0.356 e. The number of rotatable bonds is 4. The molecule has 0 aromatic heterocycles. The zero-order chi connectivity index (χ0) is 13.7. The van der Waals surface area contributed by atoms with Crippen LogP contribution in [0.1, 0.15) is 24.0 Å². The number of piperidine rings is 1. The first-order chi connectivity index (χ1) is 9.16. The van der Waals surface area contributed by atoms with Crippen LogP contribution in [0.2, 0.25) is 0 Å². The topological polar surface area (TPSA) is 41.1 Å². The van der Waals surface area contributed by atoms with Crippen molar-refractivity contribution < 1.29 is 4.79 Å². The maximum atomic E-state index is 12.0. The zero-order valence-corrected chi connectivity index (χ0v) is 12.9. The molecule has 0 bridgehead atoms. The van der Waals surface area contributed by atoms with Gasteiger partial charge in [0.05, 0.1) is 0 Å². The van der Waals surface area contributed by atoms with Gasteiger partial charge in [-0.05, 0) is 62.5 Å². The third-order valence-corrected chi connectivity index (χ3v) is 4.21. The molecule has 4 heteroatoms. The number of aryl methyl sites for hydroxylation is 1. The second kappa shape index (κ2) is 7.06. The number of nitrogens with one attached hydrogen (secondary N) is 2.